The molecule has 0 aromatic heterocycles. The highest BCUT2D eigenvalue weighted by Gasteiger charge is 2.08. The maximum absolute atomic E-state index is 10.7. The summed E-state index contributed by atoms with van der Waals surface area (Å²) in [7, 11) is 0. The molecule has 0 radical (unpaired) electrons. The number of aromatic hydroxyl groups is 1. The summed E-state index contributed by atoms with van der Waals surface area (Å²) in [5.41, 5.74) is 0.0629. The lowest BCUT2D eigenvalue weighted by atomic mass is 10.2. The van der Waals surface area contributed by atoms with Crippen molar-refractivity contribution in [2.45, 2.75) is 9.79 Å². The van der Waals surface area contributed by atoms with Crippen molar-refractivity contribution in [3.63, 3.8) is 0 Å². The normalized spacial score (nSPS) is 10.3. The first-order valence-electron chi connectivity index (χ1n) is 5.06. The van der Waals surface area contributed by atoms with Crippen molar-refractivity contribution in [1.29, 1.82) is 0 Å². The number of hydrogen-bond acceptors (Lipinski definition) is 3. The van der Waals surface area contributed by atoms with Crippen LogP contribution in [0, 0.1) is 0 Å². The van der Waals surface area contributed by atoms with Gasteiger partial charge in [-0.25, -0.2) is 4.79 Å². The Kier molecular flexibility index (Phi) is 3.79. The summed E-state index contributed by atoms with van der Waals surface area (Å²) >= 11 is 7.12. The molecule has 0 amide bonds. The number of rotatable bonds is 3. The molecule has 0 unspecified atom stereocenters. The fourth-order valence-corrected chi connectivity index (χ4v) is 2.32. The van der Waals surface area contributed by atoms with Crippen molar-refractivity contribution in [2.24, 2.45) is 0 Å². The first-order valence-corrected chi connectivity index (χ1v) is 6.25. The van der Waals surface area contributed by atoms with Gasteiger partial charge >= 0.3 is 5.97 Å². The summed E-state index contributed by atoms with van der Waals surface area (Å²) in [5, 5.41) is 19.2. The predicted octanol–water partition coefficient (Wildman–Crippen LogP) is 3.90. The third kappa shape index (κ3) is 2.97. The summed E-state index contributed by atoms with van der Waals surface area (Å²) in [5.74, 6) is -1.11. The van der Waals surface area contributed by atoms with Gasteiger partial charge in [-0.3, -0.25) is 0 Å². The van der Waals surface area contributed by atoms with Gasteiger partial charge in [0.2, 0.25) is 0 Å². The number of benzene rings is 2. The Labute approximate surface area is 113 Å². The Balaban J connectivity index is 2.24. The molecule has 0 heterocycles. The van der Waals surface area contributed by atoms with Gasteiger partial charge in [0.25, 0.3) is 0 Å². The van der Waals surface area contributed by atoms with E-state index >= 15 is 0 Å². The minimum Gasteiger partial charge on any atom is -0.507 e. The molecule has 0 aliphatic carbocycles. The van der Waals surface area contributed by atoms with Crippen LogP contribution in [-0.2, 0) is 0 Å². The van der Waals surface area contributed by atoms with Crippen molar-refractivity contribution in [3.05, 3.63) is 53.1 Å². The number of halogens is 1. The highest BCUT2D eigenvalue weighted by molar-refractivity contribution is 7.99. The first-order chi connectivity index (χ1) is 8.56. The molecule has 0 fully saturated rings. The molecule has 92 valence electrons. The summed E-state index contributed by atoms with van der Waals surface area (Å²) < 4.78 is 0. The molecule has 2 N–H and O–H groups in total. The predicted molar refractivity (Wildman–Crippen MR) is 70.6 cm³/mol. The van der Waals surface area contributed by atoms with E-state index in [9.17, 15) is 9.90 Å². The topological polar surface area (TPSA) is 57.5 Å². The van der Waals surface area contributed by atoms with Crippen LogP contribution in [0.3, 0.4) is 0 Å². The van der Waals surface area contributed by atoms with Crippen LogP contribution in [0.15, 0.2) is 52.3 Å². The standard InChI is InChI=1S/C13H9ClO3S/c14-9-2-4-10(5-3-9)18-12-6-1-8(13(16)17)7-11(12)15/h1-7,15H,(H,16,17). The van der Waals surface area contributed by atoms with Crippen LogP contribution < -0.4 is 0 Å². The van der Waals surface area contributed by atoms with Crippen molar-refractivity contribution < 1.29 is 15.0 Å². The smallest absolute Gasteiger partial charge is 0.335 e. The Morgan fingerprint density at radius 2 is 1.78 bits per heavy atom. The van der Waals surface area contributed by atoms with E-state index in [-0.39, 0.29) is 11.3 Å². The Bertz CT molecular complexity index is 581. The van der Waals surface area contributed by atoms with E-state index < -0.39 is 5.97 Å². The molecule has 2 aromatic carbocycles. The van der Waals surface area contributed by atoms with E-state index in [0.717, 1.165) is 4.90 Å². The van der Waals surface area contributed by atoms with E-state index in [1.54, 1.807) is 18.2 Å². The SMILES string of the molecule is O=C(O)c1ccc(Sc2ccc(Cl)cc2)c(O)c1. The Morgan fingerprint density at radius 1 is 1.11 bits per heavy atom. The number of phenolic OH excluding ortho intramolecular Hbond substituents is 1. The third-order valence-electron chi connectivity index (χ3n) is 2.25. The van der Waals surface area contributed by atoms with Gasteiger partial charge in [-0.15, -0.1) is 0 Å². The minimum absolute atomic E-state index is 0.0464. The van der Waals surface area contributed by atoms with Crippen molar-refractivity contribution in [3.8, 4) is 5.75 Å². The van der Waals surface area contributed by atoms with Crippen molar-refractivity contribution in [2.75, 3.05) is 0 Å². The second kappa shape index (κ2) is 5.33. The second-order valence-electron chi connectivity index (χ2n) is 3.54. The molecule has 0 atom stereocenters. The van der Waals surface area contributed by atoms with E-state index in [1.165, 1.54) is 23.9 Å². The van der Waals surface area contributed by atoms with Crippen LogP contribution in [0.1, 0.15) is 10.4 Å². The molecule has 3 nitrogen and oxygen atoms in total. The average Bonchev–Trinajstić information content (AvgIpc) is 2.34. The molecule has 2 rings (SSSR count). The van der Waals surface area contributed by atoms with Gasteiger partial charge in [-0.2, -0.15) is 0 Å². The fourth-order valence-electron chi connectivity index (χ4n) is 1.37. The molecule has 0 saturated carbocycles. The third-order valence-corrected chi connectivity index (χ3v) is 3.57. The zero-order valence-electron chi connectivity index (χ0n) is 9.13. The number of hydrogen-bond donors (Lipinski definition) is 2. The van der Waals surface area contributed by atoms with Crippen LogP contribution in [0.4, 0.5) is 0 Å². The summed E-state index contributed by atoms with van der Waals surface area (Å²) in [6.45, 7) is 0. The Hall–Kier alpha value is -1.65. The van der Waals surface area contributed by atoms with E-state index in [2.05, 4.69) is 0 Å². The molecule has 5 heteroatoms. The van der Waals surface area contributed by atoms with Crippen LogP contribution in [0.2, 0.25) is 5.02 Å². The van der Waals surface area contributed by atoms with Gasteiger partial charge in [0, 0.05) is 9.92 Å². The molecular formula is C13H9ClO3S. The number of aromatic carboxylic acids is 1. The number of carboxylic acids is 1. The molecule has 18 heavy (non-hydrogen) atoms. The summed E-state index contributed by atoms with van der Waals surface area (Å²) in [6.07, 6.45) is 0. The van der Waals surface area contributed by atoms with Gasteiger partial charge in [0.15, 0.2) is 0 Å². The van der Waals surface area contributed by atoms with Crippen LogP contribution in [-0.4, -0.2) is 16.2 Å². The van der Waals surface area contributed by atoms with E-state index in [0.29, 0.717) is 9.92 Å². The lowest BCUT2D eigenvalue weighted by molar-refractivity contribution is 0.0696. The van der Waals surface area contributed by atoms with Crippen LogP contribution in [0.25, 0.3) is 0 Å². The van der Waals surface area contributed by atoms with Gasteiger partial charge < -0.3 is 10.2 Å². The quantitative estimate of drug-likeness (QED) is 0.895. The molecule has 0 aliphatic rings. The largest absolute Gasteiger partial charge is 0.507 e. The highest BCUT2D eigenvalue weighted by atomic mass is 35.5. The molecule has 0 saturated heterocycles. The van der Waals surface area contributed by atoms with Gasteiger partial charge in [-0.1, -0.05) is 23.4 Å². The lowest BCUT2D eigenvalue weighted by Crippen LogP contribution is -1.95. The molecule has 0 aliphatic heterocycles. The van der Waals surface area contributed by atoms with E-state index in [1.807, 2.05) is 12.1 Å². The van der Waals surface area contributed by atoms with Gasteiger partial charge in [0.05, 0.1) is 10.5 Å². The van der Waals surface area contributed by atoms with E-state index in [4.69, 9.17) is 16.7 Å². The summed E-state index contributed by atoms with van der Waals surface area (Å²) in [6, 6.07) is 11.5. The maximum Gasteiger partial charge on any atom is 0.335 e. The Morgan fingerprint density at radius 3 is 2.33 bits per heavy atom. The highest BCUT2D eigenvalue weighted by Crippen LogP contribution is 2.35. The monoisotopic (exact) mass is 280 g/mol. The molecular weight excluding hydrogens is 272 g/mol. The fraction of sp³-hybridized carbons (Fsp3) is 0. The van der Waals surface area contributed by atoms with Gasteiger partial charge in [-0.05, 0) is 42.5 Å². The zero-order chi connectivity index (χ0) is 13.1. The zero-order valence-corrected chi connectivity index (χ0v) is 10.7. The van der Waals surface area contributed by atoms with Crippen molar-refractivity contribution >= 4 is 29.3 Å². The van der Waals surface area contributed by atoms with Crippen LogP contribution in [0.5, 0.6) is 5.75 Å². The van der Waals surface area contributed by atoms with Gasteiger partial charge in [0.1, 0.15) is 5.75 Å². The van der Waals surface area contributed by atoms with Crippen LogP contribution >= 0.6 is 23.4 Å². The average molecular weight is 281 g/mol. The molecule has 2 aromatic rings. The number of carbonyl (C=O) groups is 1. The number of carboxylic acid groups (broad SMARTS) is 1. The molecule has 0 bridgehead atoms. The maximum atomic E-state index is 10.7. The lowest BCUT2D eigenvalue weighted by Gasteiger charge is -2.05. The number of phenols is 1. The second-order valence-corrected chi connectivity index (χ2v) is 5.10. The van der Waals surface area contributed by atoms with Crippen molar-refractivity contribution in [1.82, 2.24) is 0 Å². The molecule has 0 spiro atoms. The summed E-state index contributed by atoms with van der Waals surface area (Å²) in [4.78, 5) is 12.2. The first kappa shape index (κ1) is 12.8. The minimum atomic E-state index is -1.06.